The van der Waals surface area contributed by atoms with Crippen molar-refractivity contribution in [1.82, 2.24) is 5.32 Å². The fraction of sp³-hybridized carbons (Fsp3) is 1.00. The van der Waals surface area contributed by atoms with E-state index in [1.54, 1.807) is 7.11 Å². The first kappa shape index (κ1) is 15.8. The third-order valence-electron chi connectivity index (χ3n) is 4.02. The van der Waals surface area contributed by atoms with Crippen LogP contribution in [0.5, 0.6) is 0 Å². The lowest BCUT2D eigenvalue weighted by Gasteiger charge is -2.37. The molecule has 0 spiro atoms. The fourth-order valence-corrected chi connectivity index (χ4v) is 3.07. The molecule has 1 aliphatic carbocycles. The van der Waals surface area contributed by atoms with E-state index in [1.165, 1.54) is 0 Å². The number of ether oxygens (including phenoxy) is 1. The van der Waals surface area contributed by atoms with Crippen LogP contribution in [0.1, 0.15) is 46.0 Å². The molecule has 2 nitrogen and oxygen atoms in total. The summed E-state index contributed by atoms with van der Waals surface area (Å²) in [6.07, 6.45) is 2.61. The fourth-order valence-electron chi connectivity index (χ4n) is 3.07. The van der Waals surface area contributed by atoms with Gasteiger partial charge in [0.1, 0.15) is 0 Å². The molecule has 3 atom stereocenters. The summed E-state index contributed by atoms with van der Waals surface area (Å²) in [5, 5.41) is 3.41. The number of methoxy groups -OCH3 is 1. The molecule has 0 aliphatic heterocycles. The summed E-state index contributed by atoms with van der Waals surface area (Å²) in [5.41, 5.74) is 0. The predicted molar refractivity (Wildman–Crippen MR) is 70.0 cm³/mol. The molecule has 1 saturated carbocycles. The van der Waals surface area contributed by atoms with E-state index in [0.29, 0.717) is 18.9 Å². The van der Waals surface area contributed by atoms with Crippen molar-refractivity contribution in [3.05, 3.63) is 0 Å². The molecule has 0 saturated heterocycles. The molecule has 1 aliphatic rings. The van der Waals surface area contributed by atoms with Crippen molar-refractivity contribution in [2.75, 3.05) is 20.3 Å². The Morgan fingerprint density at radius 1 is 1.44 bits per heavy atom. The van der Waals surface area contributed by atoms with Crippen LogP contribution >= 0.6 is 0 Å². The van der Waals surface area contributed by atoms with Crippen molar-refractivity contribution in [3.63, 3.8) is 0 Å². The van der Waals surface area contributed by atoms with Crippen molar-refractivity contribution in [3.8, 4) is 0 Å². The van der Waals surface area contributed by atoms with E-state index in [-0.39, 0.29) is 24.8 Å². The van der Waals surface area contributed by atoms with Crippen molar-refractivity contribution < 1.29 is 13.5 Å². The van der Waals surface area contributed by atoms with Crippen LogP contribution in [0.3, 0.4) is 0 Å². The lowest BCUT2D eigenvalue weighted by Crippen LogP contribution is -2.45. The monoisotopic (exact) mass is 263 g/mol. The summed E-state index contributed by atoms with van der Waals surface area (Å²) >= 11 is 0. The molecule has 1 N–H and O–H groups in total. The quantitative estimate of drug-likeness (QED) is 0.759. The standard InChI is InChI=1S/C14H27F2NO/c1-4-17-13(11(2)7-9-18-3)12-6-5-8-14(15,16)10-12/h11-13,17H,4-10H2,1-3H3. The number of nitrogens with one attached hydrogen (secondary N) is 1. The van der Waals surface area contributed by atoms with E-state index < -0.39 is 5.92 Å². The van der Waals surface area contributed by atoms with Crippen LogP contribution in [0.25, 0.3) is 0 Å². The molecule has 0 aromatic rings. The Kier molecular flexibility index (Phi) is 6.50. The molecule has 0 bridgehead atoms. The van der Waals surface area contributed by atoms with E-state index in [0.717, 1.165) is 19.4 Å². The maximum absolute atomic E-state index is 13.5. The lowest BCUT2D eigenvalue weighted by molar-refractivity contribution is -0.0616. The van der Waals surface area contributed by atoms with Crippen LogP contribution in [0.4, 0.5) is 8.78 Å². The van der Waals surface area contributed by atoms with Crippen molar-refractivity contribution >= 4 is 0 Å². The van der Waals surface area contributed by atoms with E-state index >= 15 is 0 Å². The molecule has 4 heteroatoms. The van der Waals surface area contributed by atoms with E-state index in [2.05, 4.69) is 12.2 Å². The third kappa shape index (κ3) is 4.81. The number of hydrogen-bond donors (Lipinski definition) is 1. The second kappa shape index (κ2) is 7.39. The minimum atomic E-state index is -2.46. The molecule has 0 aromatic heterocycles. The van der Waals surface area contributed by atoms with Crippen LogP contribution in [0, 0.1) is 11.8 Å². The number of alkyl halides is 2. The van der Waals surface area contributed by atoms with Gasteiger partial charge in [-0.25, -0.2) is 8.78 Å². The average Bonchev–Trinajstić information content (AvgIpc) is 2.31. The number of halogens is 2. The number of hydrogen-bond acceptors (Lipinski definition) is 2. The van der Waals surface area contributed by atoms with Gasteiger partial charge in [0.15, 0.2) is 0 Å². The molecular formula is C14H27F2NO. The van der Waals surface area contributed by atoms with Gasteiger partial charge >= 0.3 is 0 Å². The summed E-state index contributed by atoms with van der Waals surface area (Å²) in [6.45, 7) is 5.71. The normalized spacial score (nSPS) is 26.8. The second-order valence-corrected chi connectivity index (χ2v) is 5.55. The maximum Gasteiger partial charge on any atom is 0.248 e. The predicted octanol–water partition coefficient (Wildman–Crippen LogP) is 3.46. The van der Waals surface area contributed by atoms with Gasteiger partial charge in [-0.3, -0.25) is 0 Å². The first-order valence-corrected chi connectivity index (χ1v) is 7.10. The highest BCUT2D eigenvalue weighted by Crippen LogP contribution is 2.39. The summed E-state index contributed by atoms with van der Waals surface area (Å²) in [5.74, 6) is -1.98. The van der Waals surface area contributed by atoms with Gasteiger partial charge in [0, 0.05) is 32.6 Å². The topological polar surface area (TPSA) is 21.3 Å². The molecule has 0 amide bonds. The molecule has 18 heavy (non-hydrogen) atoms. The zero-order chi connectivity index (χ0) is 13.6. The van der Waals surface area contributed by atoms with Crippen LogP contribution in [-0.2, 0) is 4.74 Å². The van der Waals surface area contributed by atoms with Crippen molar-refractivity contribution in [2.45, 2.75) is 57.9 Å². The van der Waals surface area contributed by atoms with Gasteiger partial charge in [0.2, 0.25) is 5.92 Å². The summed E-state index contributed by atoms with van der Waals surface area (Å²) in [7, 11) is 1.68. The minimum absolute atomic E-state index is 0.0436. The Labute approximate surface area is 109 Å². The van der Waals surface area contributed by atoms with Gasteiger partial charge in [-0.1, -0.05) is 13.8 Å². The highest BCUT2D eigenvalue weighted by atomic mass is 19.3. The van der Waals surface area contributed by atoms with Crippen LogP contribution < -0.4 is 5.32 Å². The van der Waals surface area contributed by atoms with E-state index in [4.69, 9.17) is 4.74 Å². The van der Waals surface area contributed by atoms with Gasteiger partial charge in [-0.05, 0) is 37.6 Å². The minimum Gasteiger partial charge on any atom is -0.385 e. The summed E-state index contributed by atoms with van der Waals surface area (Å²) in [4.78, 5) is 0. The van der Waals surface area contributed by atoms with Gasteiger partial charge in [0.25, 0.3) is 0 Å². The molecule has 1 fully saturated rings. The van der Waals surface area contributed by atoms with Gasteiger partial charge in [-0.2, -0.15) is 0 Å². The SMILES string of the molecule is CCNC(C(C)CCOC)C1CCCC(F)(F)C1. The van der Waals surface area contributed by atoms with Gasteiger partial charge in [0.05, 0.1) is 0 Å². The van der Waals surface area contributed by atoms with Gasteiger partial charge in [-0.15, -0.1) is 0 Å². The van der Waals surface area contributed by atoms with Crippen LogP contribution in [-0.4, -0.2) is 32.2 Å². The van der Waals surface area contributed by atoms with Crippen LogP contribution in [0.15, 0.2) is 0 Å². The highest BCUT2D eigenvalue weighted by Gasteiger charge is 2.40. The molecule has 0 heterocycles. The largest absolute Gasteiger partial charge is 0.385 e. The molecule has 0 radical (unpaired) electrons. The molecule has 0 aromatic carbocycles. The molecule has 1 rings (SSSR count). The molecule has 3 unspecified atom stereocenters. The lowest BCUT2D eigenvalue weighted by atomic mass is 9.77. The smallest absolute Gasteiger partial charge is 0.248 e. The zero-order valence-corrected chi connectivity index (χ0v) is 11.8. The second-order valence-electron chi connectivity index (χ2n) is 5.55. The Balaban J connectivity index is 2.59. The summed E-state index contributed by atoms with van der Waals surface area (Å²) < 4.78 is 32.1. The number of rotatable bonds is 7. The molecule has 108 valence electrons. The van der Waals surface area contributed by atoms with E-state index in [9.17, 15) is 8.78 Å². The average molecular weight is 263 g/mol. The van der Waals surface area contributed by atoms with Crippen molar-refractivity contribution in [2.24, 2.45) is 11.8 Å². The molecular weight excluding hydrogens is 236 g/mol. The van der Waals surface area contributed by atoms with Gasteiger partial charge < -0.3 is 10.1 Å². The van der Waals surface area contributed by atoms with E-state index in [1.807, 2.05) is 6.92 Å². The Bertz CT molecular complexity index is 236. The third-order valence-corrected chi connectivity index (χ3v) is 4.02. The van der Waals surface area contributed by atoms with Crippen molar-refractivity contribution in [1.29, 1.82) is 0 Å². The first-order chi connectivity index (χ1) is 8.50. The first-order valence-electron chi connectivity index (χ1n) is 7.10. The van der Waals surface area contributed by atoms with Crippen LogP contribution in [0.2, 0.25) is 0 Å². The summed E-state index contributed by atoms with van der Waals surface area (Å²) in [6, 6.07) is 0.191. The Morgan fingerprint density at radius 3 is 2.72 bits per heavy atom. The maximum atomic E-state index is 13.5. The highest BCUT2D eigenvalue weighted by molar-refractivity contribution is 4.88. The Morgan fingerprint density at radius 2 is 2.17 bits per heavy atom. The zero-order valence-electron chi connectivity index (χ0n) is 11.8. The Hall–Kier alpha value is -0.220.